The number of amides is 1. The third-order valence-electron chi connectivity index (χ3n) is 2.52. The summed E-state index contributed by atoms with van der Waals surface area (Å²) in [7, 11) is 0. The summed E-state index contributed by atoms with van der Waals surface area (Å²) >= 11 is 0. The van der Waals surface area contributed by atoms with E-state index in [1.165, 1.54) is 0 Å². The molecule has 1 aromatic carbocycles. The fourth-order valence-corrected chi connectivity index (χ4v) is 1.69. The van der Waals surface area contributed by atoms with E-state index < -0.39 is 0 Å². The zero-order chi connectivity index (χ0) is 11.4. The third-order valence-corrected chi connectivity index (χ3v) is 2.52. The number of carbonyl (C=O) groups excluding carboxylic acids is 1. The minimum absolute atomic E-state index is 0.0356. The van der Waals surface area contributed by atoms with Gasteiger partial charge in [-0.05, 0) is 18.1 Å². The molecule has 16 heavy (non-hydrogen) atoms. The van der Waals surface area contributed by atoms with Crippen LogP contribution in [0.3, 0.4) is 0 Å². The fraction of sp³-hybridized carbons (Fsp3) is 0.417. The number of aryl methyl sites for hydroxylation is 1. The zero-order valence-electron chi connectivity index (χ0n) is 8.96. The average molecular weight is 223 g/mol. The number of benzene rings is 1. The van der Waals surface area contributed by atoms with Crippen molar-refractivity contribution in [2.24, 2.45) is 0 Å². The second-order valence-corrected chi connectivity index (χ2v) is 3.76. The highest BCUT2D eigenvalue weighted by Gasteiger charge is 2.14. The van der Waals surface area contributed by atoms with Gasteiger partial charge in [-0.3, -0.25) is 9.18 Å². The maximum Gasteiger partial charge on any atom is 0.224 e. The number of hydrogen-bond acceptors (Lipinski definition) is 2. The maximum absolute atomic E-state index is 11.9. The number of nitrogens with one attached hydrogen (secondary N) is 1. The van der Waals surface area contributed by atoms with Crippen molar-refractivity contribution in [3.8, 4) is 5.75 Å². The molecule has 1 heterocycles. The van der Waals surface area contributed by atoms with Gasteiger partial charge in [0.25, 0.3) is 0 Å². The van der Waals surface area contributed by atoms with Crippen molar-refractivity contribution in [2.45, 2.75) is 19.3 Å². The van der Waals surface area contributed by atoms with Crippen molar-refractivity contribution in [1.82, 2.24) is 0 Å². The molecule has 2 rings (SSSR count). The van der Waals surface area contributed by atoms with E-state index >= 15 is 0 Å². The fourth-order valence-electron chi connectivity index (χ4n) is 1.69. The van der Waals surface area contributed by atoms with E-state index in [4.69, 9.17) is 4.74 Å². The van der Waals surface area contributed by atoms with Gasteiger partial charge in [0.2, 0.25) is 5.91 Å². The Balaban J connectivity index is 2.06. The van der Waals surface area contributed by atoms with Crippen molar-refractivity contribution in [3.05, 3.63) is 23.8 Å². The van der Waals surface area contributed by atoms with Gasteiger partial charge in [0, 0.05) is 24.6 Å². The molecule has 0 atom stereocenters. The molecule has 0 saturated carbocycles. The molecule has 0 aliphatic carbocycles. The minimum atomic E-state index is -0.373. The smallest absolute Gasteiger partial charge is 0.224 e. The Kier molecular flexibility index (Phi) is 3.39. The van der Waals surface area contributed by atoms with Crippen LogP contribution in [0.15, 0.2) is 18.2 Å². The molecule has 1 aliphatic heterocycles. The SMILES string of the molecule is O=C1CCc2ccc(OCCCF)cc2N1. The van der Waals surface area contributed by atoms with E-state index in [1.54, 1.807) is 6.07 Å². The summed E-state index contributed by atoms with van der Waals surface area (Å²) in [6, 6.07) is 5.60. The molecule has 1 amide bonds. The lowest BCUT2D eigenvalue weighted by Gasteiger charge is -2.17. The zero-order valence-corrected chi connectivity index (χ0v) is 8.96. The second-order valence-electron chi connectivity index (χ2n) is 3.76. The summed E-state index contributed by atoms with van der Waals surface area (Å²) in [6.07, 6.45) is 1.70. The van der Waals surface area contributed by atoms with Crippen LogP contribution >= 0.6 is 0 Å². The van der Waals surface area contributed by atoms with E-state index in [-0.39, 0.29) is 12.6 Å². The highest BCUT2D eigenvalue weighted by Crippen LogP contribution is 2.27. The number of hydrogen-bond donors (Lipinski definition) is 1. The Bertz CT molecular complexity index is 393. The first-order valence-electron chi connectivity index (χ1n) is 5.41. The molecule has 4 heteroatoms. The lowest BCUT2D eigenvalue weighted by molar-refractivity contribution is -0.116. The summed E-state index contributed by atoms with van der Waals surface area (Å²) in [5.74, 6) is 0.711. The Hall–Kier alpha value is -1.58. The summed E-state index contributed by atoms with van der Waals surface area (Å²) in [5.41, 5.74) is 1.94. The van der Waals surface area contributed by atoms with Gasteiger partial charge in [0.05, 0.1) is 13.3 Å². The van der Waals surface area contributed by atoms with Crippen LogP contribution in [0.5, 0.6) is 5.75 Å². The predicted octanol–water partition coefficient (Wildman–Crippen LogP) is 2.31. The number of rotatable bonds is 4. The van der Waals surface area contributed by atoms with Gasteiger partial charge >= 0.3 is 0 Å². The highest BCUT2D eigenvalue weighted by atomic mass is 19.1. The first kappa shape index (κ1) is 10.9. The average Bonchev–Trinajstić information content (AvgIpc) is 2.29. The summed E-state index contributed by atoms with van der Waals surface area (Å²) in [4.78, 5) is 11.2. The van der Waals surface area contributed by atoms with E-state index in [1.807, 2.05) is 12.1 Å². The third kappa shape index (κ3) is 2.51. The molecule has 0 spiro atoms. The number of alkyl halides is 1. The Morgan fingerprint density at radius 3 is 3.06 bits per heavy atom. The molecular weight excluding hydrogens is 209 g/mol. The number of carbonyl (C=O) groups is 1. The molecule has 1 aliphatic rings. The molecule has 0 fully saturated rings. The van der Waals surface area contributed by atoms with Gasteiger partial charge in [-0.2, -0.15) is 0 Å². The standard InChI is InChI=1S/C12H14FNO2/c13-6-1-7-16-10-4-2-9-3-5-12(15)14-11(9)8-10/h2,4,8H,1,3,5-7H2,(H,14,15). The second kappa shape index (κ2) is 4.96. The van der Waals surface area contributed by atoms with Gasteiger partial charge in [-0.25, -0.2) is 0 Å². The lowest BCUT2D eigenvalue weighted by Crippen LogP contribution is -2.18. The number of anilines is 1. The van der Waals surface area contributed by atoms with Gasteiger partial charge in [0.1, 0.15) is 5.75 Å². The molecule has 1 aromatic rings. The van der Waals surface area contributed by atoms with Crippen molar-refractivity contribution in [1.29, 1.82) is 0 Å². The van der Waals surface area contributed by atoms with E-state index in [0.29, 0.717) is 25.2 Å². The molecule has 0 aromatic heterocycles. The van der Waals surface area contributed by atoms with Crippen LogP contribution in [0.2, 0.25) is 0 Å². The Labute approximate surface area is 93.6 Å². The van der Waals surface area contributed by atoms with Crippen LogP contribution in [0, 0.1) is 0 Å². The largest absolute Gasteiger partial charge is 0.493 e. The van der Waals surface area contributed by atoms with Gasteiger partial charge in [-0.1, -0.05) is 6.07 Å². The van der Waals surface area contributed by atoms with Crippen molar-refractivity contribution < 1.29 is 13.9 Å². The quantitative estimate of drug-likeness (QED) is 0.795. The van der Waals surface area contributed by atoms with Crippen LogP contribution in [0.1, 0.15) is 18.4 Å². The van der Waals surface area contributed by atoms with Crippen LogP contribution < -0.4 is 10.1 Å². The number of halogens is 1. The highest BCUT2D eigenvalue weighted by molar-refractivity contribution is 5.94. The number of fused-ring (bicyclic) bond motifs is 1. The topological polar surface area (TPSA) is 38.3 Å². The van der Waals surface area contributed by atoms with Crippen LogP contribution in [-0.2, 0) is 11.2 Å². The van der Waals surface area contributed by atoms with Gasteiger partial charge in [-0.15, -0.1) is 0 Å². The molecule has 0 bridgehead atoms. The maximum atomic E-state index is 11.9. The lowest BCUT2D eigenvalue weighted by atomic mass is 10.0. The molecule has 0 radical (unpaired) electrons. The number of ether oxygens (including phenoxy) is 1. The first-order valence-corrected chi connectivity index (χ1v) is 5.41. The van der Waals surface area contributed by atoms with E-state index in [9.17, 15) is 9.18 Å². The van der Waals surface area contributed by atoms with Crippen molar-refractivity contribution in [2.75, 3.05) is 18.6 Å². The molecule has 0 unspecified atom stereocenters. The van der Waals surface area contributed by atoms with Crippen LogP contribution in [-0.4, -0.2) is 19.2 Å². The van der Waals surface area contributed by atoms with E-state index in [0.717, 1.165) is 17.7 Å². The van der Waals surface area contributed by atoms with Crippen LogP contribution in [0.4, 0.5) is 10.1 Å². The molecule has 86 valence electrons. The normalized spacial score (nSPS) is 14.2. The van der Waals surface area contributed by atoms with E-state index in [2.05, 4.69) is 5.32 Å². The predicted molar refractivity (Wildman–Crippen MR) is 59.5 cm³/mol. The van der Waals surface area contributed by atoms with Crippen LogP contribution in [0.25, 0.3) is 0 Å². The van der Waals surface area contributed by atoms with Crippen molar-refractivity contribution >= 4 is 11.6 Å². The molecule has 1 N–H and O–H groups in total. The molecular formula is C12H14FNO2. The van der Waals surface area contributed by atoms with Gasteiger partial charge in [0.15, 0.2) is 0 Å². The van der Waals surface area contributed by atoms with Crippen molar-refractivity contribution in [3.63, 3.8) is 0 Å². The van der Waals surface area contributed by atoms with Gasteiger partial charge < -0.3 is 10.1 Å². The molecule has 3 nitrogen and oxygen atoms in total. The Morgan fingerprint density at radius 1 is 1.38 bits per heavy atom. The summed E-state index contributed by atoms with van der Waals surface area (Å²) in [6.45, 7) is -0.00902. The monoisotopic (exact) mass is 223 g/mol. The summed E-state index contributed by atoms with van der Waals surface area (Å²) in [5, 5.41) is 2.80. The first-order chi connectivity index (χ1) is 7.79. The Morgan fingerprint density at radius 2 is 2.25 bits per heavy atom. The summed E-state index contributed by atoms with van der Waals surface area (Å²) < 4.78 is 17.2. The minimum Gasteiger partial charge on any atom is -0.493 e. The molecule has 0 saturated heterocycles.